The number of H-pyrrole nitrogens is 1. The van der Waals surface area contributed by atoms with Gasteiger partial charge in [0.1, 0.15) is 5.60 Å². The number of fused-ring (bicyclic) bond motifs is 1. The number of alkyl carbamates (subject to hydrolysis) is 1. The highest BCUT2D eigenvalue weighted by molar-refractivity contribution is 5.87. The average Bonchev–Trinajstić information content (AvgIpc) is 3.24. The van der Waals surface area contributed by atoms with Crippen LogP contribution in [0.3, 0.4) is 0 Å². The fraction of sp³-hybridized carbons (Fsp3) is 0.500. The molecule has 10 heteroatoms. The summed E-state index contributed by atoms with van der Waals surface area (Å²) in [5.41, 5.74) is 0.953. The van der Waals surface area contributed by atoms with E-state index in [0.717, 1.165) is 17.5 Å². The summed E-state index contributed by atoms with van der Waals surface area (Å²) in [6.45, 7) is 10.0. The van der Waals surface area contributed by atoms with E-state index >= 15 is 0 Å². The molecule has 194 valence electrons. The molecule has 0 saturated carbocycles. The van der Waals surface area contributed by atoms with Gasteiger partial charge in [-0.15, -0.1) is 0 Å². The SMILES string of the molecule is CCC[C@@H](NC(=O)OC(C)(C)C)C(=O)CCc1ccc(Cn2c(=O)[nH]c(=O)c3c2ncn3CC)cc1. The van der Waals surface area contributed by atoms with Crippen molar-refractivity contribution in [2.24, 2.45) is 0 Å². The lowest BCUT2D eigenvalue weighted by atomic mass is 10.00. The van der Waals surface area contributed by atoms with Gasteiger partial charge in [-0.1, -0.05) is 37.6 Å². The molecule has 0 aliphatic rings. The van der Waals surface area contributed by atoms with E-state index in [2.05, 4.69) is 15.3 Å². The summed E-state index contributed by atoms with van der Waals surface area (Å²) in [4.78, 5) is 56.2. The summed E-state index contributed by atoms with van der Waals surface area (Å²) in [7, 11) is 0. The summed E-state index contributed by atoms with van der Waals surface area (Å²) in [5.74, 6) is -0.0412. The third-order valence-electron chi connectivity index (χ3n) is 5.78. The van der Waals surface area contributed by atoms with Gasteiger partial charge in [-0.2, -0.15) is 0 Å². The lowest BCUT2D eigenvalue weighted by Crippen LogP contribution is -2.43. The Morgan fingerprint density at radius 3 is 2.39 bits per heavy atom. The topological polar surface area (TPSA) is 128 Å². The van der Waals surface area contributed by atoms with Gasteiger partial charge < -0.3 is 14.6 Å². The summed E-state index contributed by atoms with van der Waals surface area (Å²) < 4.78 is 8.43. The number of rotatable bonds is 10. The number of aromatic nitrogens is 4. The van der Waals surface area contributed by atoms with E-state index < -0.39 is 29.0 Å². The Morgan fingerprint density at radius 2 is 1.78 bits per heavy atom. The first kappa shape index (κ1) is 26.9. The van der Waals surface area contributed by atoms with Gasteiger partial charge in [0.2, 0.25) is 0 Å². The van der Waals surface area contributed by atoms with Crippen molar-refractivity contribution in [3.63, 3.8) is 0 Å². The van der Waals surface area contributed by atoms with Crippen molar-refractivity contribution in [3.05, 3.63) is 62.6 Å². The van der Waals surface area contributed by atoms with Gasteiger partial charge in [0, 0.05) is 13.0 Å². The lowest BCUT2D eigenvalue weighted by molar-refractivity contribution is -0.121. The number of nitrogens with zero attached hydrogens (tertiary/aromatic N) is 3. The largest absolute Gasteiger partial charge is 0.444 e. The third-order valence-corrected chi connectivity index (χ3v) is 5.78. The molecule has 1 aromatic carbocycles. The quantitative estimate of drug-likeness (QED) is 0.443. The maximum absolute atomic E-state index is 12.8. The number of Topliss-reactive ketones (excluding diaryl/α,β-unsaturated/α-hetero) is 1. The number of nitrogens with one attached hydrogen (secondary N) is 2. The van der Waals surface area contributed by atoms with Crippen LogP contribution in [0.1, 0.15) is 65.0 Å². The van der Waals surface area contributed by atoms with Gasteiger partial charge in [0.15, 0.2) is 16.9 Å². The van der Waals surface area contributed by atoms with Gasteiger partial charge in [-0.05, 0) is 51.7 Å². The fourth-order valence-electron chi connectivity index (χ4n) is 4.00. The first-order valence-corrected chi connectivity index (χ1v) is 12.3. The van der Waals surface area contributed by atoms with Crippen molar-refractivity contribution in [2.75, 3.05) is 0 Å². The van der Waals surface area contributed by atoms with Crippen LogP contribution in [0.15, 0.2) is 40.2 Å². The molecule has 0 bridgehead atoms. The van der Waals surface area contributed by atoms with Crippen LogP contribution in [0.2, 0.25) is 0 Å². The van der Waals surface area contributed by atoms with E-state index in [1.165, 1.54) is 4.57 Å². The Hall–Kier alpha value is -3.69. The van der Waals surface area contributed by atoms with E-state index in [9.17, 15) is 19.2 Å². The second-order valence-corrected chi connectivity index (χ2v) is 9.82. The van der Waals surface area contributed by atoms with E-state index in [4.69, 9.17) is 4.74 Å². The number of hydrogen-bond acceptors (Lipinski definition) is 6. The van der Waals surface area contributed by atoms with Crippen molar-refractivity contribution < 1.29 is 14.3 Å². The van der Waals surface area contributed by atoms with Gasteiger partial charge in [-0.3, -0.25) is 19.1 Å². The monoisotopic (exact) mass is 497 g/mol. The fourth-order valence-corrected chi connectivity index (χ4v) is 4.00. The standard InChI is InChI=1S/C26H35N5O5/c1-6-8-19(28-25(35)36-26(3,4)5)20(32)14-13-17-9-11-18(12-10-17)15-31-22-21(23(33)29-24(31)34)30(7-2)16-27-22/h9-12,16,19H,6-8,13-15H2,1-5H3,(H,28,35)(H,29,33,34)/t19-/m1/s1. The number of imidazole rings is 1. The smallest absolute Gasteiger partial charge is 0.408 e. The summed E-state index contributed by atoms with van der Waals surface area (Å²) in [6.07, 6.45) is 3.09. The number of ketones is 1. The normalized spacial score (nSPS) is 12.5. The van der Waals surface area contributed by atoms with E-state index in [0.29, 0.717) is 30.6 Å². The van der Waals surface area contributed by atoms with Crippen LogP contribution in [-0.2, 0) is 29.0 Å². The van der Waals surface area contributed by atoms with Crippen molar-refractivity contribution in [2.45, 2.75) is 85.0 Å². The first-order valence-electron chi connectivity index (χ1n) is 12.3. The number of aryl methyl sites for hydroxylation is 2. The maximum atomic E-state index is 12.8. The third kappa shape index (κ3) is 6.71. The Balaban J connectivity index is 1.65. The minimum absolute atomic E-state index is 0.0412. The summed E-state index contributed by atoms with van der Waals surface area (Å²) in [6, 6.07) is 7.03. The number of ether oxygens (including phenoxy) is 1. The van der Waals surface area contributed by atoms with Crippen LogP contribution in [0.5, 0.6) is 0 Å². The zero-order chi connectivity index (χ0) is 26.5. The number of hydrogen-bond donors (Lipinski definition) is 2. The molecule has 36 heavy (non-hydrogen) atoms. The Morgan fingerprint density at radius 1 is 1.11 bits per heavy atom. The molecule has 0 unspecified atom stereocenters. The van der Waals surface area contributed by atoms with Crippen LogP contribution in [0.25, 0.3) is 11.2 Å². The van der Waals surface area contributed by atoms with E-state index in [1.807, 2.05) is 38.1 Å². The summed E-state index contributed by atoms with van der Waals surface area (Å²) >= 11 is 0. The van der Waals surface area contributed by atoms with Gasteiger partial charge in [-0.25, -0.2) is 14.6 Å². The van der Waals surface area contributed by atoms with E-state index in [-0.39, 0.29) is 18.7 Å². The number of amides is 1. The van der Waals surface area contributed by atoms with Gasteiger partial charge in [0.05, 0.1) is 18.9 Å². The Kier molecular flexibility index (Phi) is 8.49. The highest BCUT2D eigenvalue weighted by atomic mass is 16.6. The van der Waals surface area contributed by atoms with Crippen molar-refractivity contribution in [1.82, 2.24) is 24.4 Å². The van der Waals surface area contributed by atoms with Crippen molar-refractivity contribution in [1.29, 1.82) is 0 Å². The summed E-state index contributed by atoms with van der Waals surface area (Å²) in [5, 5.41) is 2.70. The maximum Gasteiger partial charge on any atom is 0.408 e. The Labute approximate surface area is 209 Å². The number of aromatic amines is 1. The molecular weight excluding hydrogens is 462 g/mol. The van der Waals surface area contributed by atoms with Gasteiger partial charge >= 0.3 is 11.8 Å². The molecule has 1 amide bonds. The van der Waals surface area contributed by atoms with E-state index in [1.54, 1.807) is 31.7 Å². The zero-order valence-electron chi connectivity index (χ0n) is 21.6. The van der Waals surface area contributed by atoms with Crippen LogP contribution in [0.4, 0.5) is 4.79 Å². The second kappa shape index (κ2) is 11.4. The van der Waals surface area contributed by atoms with Crippen LogP contribution in [-0.4, -0.2) is 42.6 Å². The van der Waals surface area contributed by atoms with Crippen LogP contribution < -0.4 is 16.6 Å². The van der Waals surface area contributed by atoms with Crippen molar-refractivity contribution in [3.8, 4) is 0 Å². The van der Waals surface area contributed by atoms with Crippen LogP contribution in [0, 0.1) is 0 Å². The molecule has 0 spiro atoms. The highest BCUT2D eigenvalue weighted by Crippen LogP contribution is 2.13. The zero-order valence-corrected chi connectivity index (χ0v) is 21.6. The predicted molar refractivity (Wildman–Crippen MR) is 137 cm³/mol. The molecule has 0 aliphatic carbocycles. The minimum atomic E-state index is -0.631. The number of carbonyl (C=O) groups is 2. The first-order chi connectivity index (χ1) is 17.0. The highest BCUT2D eigenvalue weighted by Gasteiger charge is 2.23. The molecule has 0 saturated heterocycles. The molecule has 3 rings (SSSR count). The second-order valence-electron chi connectivity index (χ2n) is 9.82. The minimum Gasteiger partial charge on any atom is -0.444 e. The van der Waals surface area contributed by atoms with Crippen molar-refractivity contribution >= 4 is 23.0 Å². The molecule has 2 N–H and O–H groups in total. The molecule has 0 fully saturated rings. The average molecular weight is 498 g/mol. The molecule has 0 radical (unpaired) electrons. The lowest BCUT2D eigenvalue weighted by Gasteiger charge is -2.23. The number of benzene rings is 1. The van der Waals surface area contributed by atoms with Gasteiger partial charge in [0.25, 0.3) is 5.56 Å². The Bertz CT molecular complexity index is 1330. The molecule has 2 aromatic heterocycles. The number of carbonyl (C=O) groups excluding carboxylic acids is 2. The molecule has 10 nitrogen and oxygen atoms in total. The molecule has 3 aromatic rings. The molecule has 0 aliphatic heterocycles. The predicted octanol–water partition coefficient (Wildman–Crippen LogP) is 3.15. The van der Waals surface area contributed by atoms with Crippen LogP contribution >= 0.6 is 0 Å². The molecular formula is C26H35N5O5. The molecule has 1 atom stereocenters. The molecule has 2 heterocycles.